The lowest BCUT2D eigenvalue weighted by atomic mass is 10.4. The van der Waals surface area contributed by atoms with E-state index >= 15 is 0 Å². The van der Waals surface area contributed by atoms with Gasteiger partial charge in [-0.15, -0.1) is 11.8 Å². The molecule has 6 heteroatoms. The summed E-state index contributed by atoms with van der Waals surface area (Å²) in [6.07, 6.45) is 0. The first-order valence-electron chi connectivity index (χ1n) is 5.37. The van der Waals surface area contributed by atoms with Crippen molar-refractivity contribution in [1.29, 1.82) is 0 Å². The molecule has 0 heterocycles. The topological polar surface area (TPSA) is 66.4 Å². The molecule has 0 saturated heterocycles. The Morgan fingerprint density at radius 2 is 2.06 bits per heavy atom. The second kappa shape index (κ2) is 6.39. The minimum Gasteiger partial charge on any atom is -0.395 e. The highest BCUT2D eigenvalue weighted by Gasteiger charge is 2.18. The Hall–Kier alpha value is -0.560. The van der Waals surface area contributed by atoms with E-state index in [1.54, 1.807) is 31.2 Å². The molecule has 0 aliphatic heterocycles. The van der Waals surface area contributed by atoms with Crippen molar-refractivity contribution in [3.63, 3.8) is 0 Å². The van der Waals surface area contributed by atoms with E-state index in [0.717, 1.165) is 0 Å². The van der Waals surface area contributed by atoms with Gasteiger partial charge in [-0.3, -0.25) is 0 Å². The van der Waals surface area contributed by atoms with Gasteiger partial charge in [-0.05, 0) is 12.1 Å². The molecule has 1 aromatic carbocycles. The maximum Gasteiger partial charge on any atom is 0.241 e. The number of benzene rings is 1. The summed E-state index contributed by atoms with van der Waals surface area (Å²) in [4.78, 5) is 0.933. The van der Waals surface area contributed by atoms with Gasteiger partial charge in [-0.1, -0.05) is 26.0 Å². The molecule has 0 aliphatic carbocycles. The molecule has 4 nitrogen and oxygen atoms in total. The fourth-order valence-electron chi connectivity index (χ4n) is 1.29. The third-order valence-electron chi connectivity index (χ3n) is 2.06. The molecule has 0 aromatic heterocycles. The molecule has 1 aromatic rings. The minimum atomic E-state index is -3.45. The van der Waals surface area contributed by atoms with Crippen molar-refractivity contribution in [2.24, 2.45) is 0 Å². The van der Waals surface area contributed by atoms with E-state index in [-0.39, 0.29) is 16.8 Å². The van der Waals surface area contributed by atoms with Crippen molar-refractivity contribution in [3.05, 3.63) is 24.3 Å². The zero-order valence-electron chi connectivity index (χ0n) is 9.88. The second-order valence-corrected chi connectivity index (χ2v) is 6.77. The minimum absolute atomic E-state index is 0.0141. The predicted molar refractivity (Wildman–Crippen MR) is 69.7 cm³/mol. The molecule has 2 N–H and O–H groups in total. The first-order chi connectivity index (χ1) is 8.01. The zero-order chi connectivity index (χ0) is 12.9. The SMILES string of the molecule is CCNS(=O)(=O)c1ccccc1SC(C)CO. The van der Waals surface area contributed by atoms with Crippen LogP contribution in [0.15, 0.2) is 34.1 Å². The smallest absolute Gasteiger partial charge is 0.241 e. The number of thioether (sulfide) groups is 1. The van der Waals surface area contributed by atoms with Gasteiger partial charge in [0.05, 0.1) is 11.5 Å². The Kier molecular flexibility index (Phi) is 5.45. The van der Waals surface area contributed by atoms with Gasteiger partial charge in [0.15, 0.2) is 0 Å². The summed E-state index contributed by atoms with van der Waals surface area (Å²) in [7, 11) is -3.45. The zero-order valence-corrected chi connectivity index (χ0v) is 11.5. The molecule has 0 saturated carbocycles. The van der Waals surface area contributed by atoms with Crippen LogP contribution in [0, 0.1) is 0 Å². The number of rotatable bonds is 6. The lowest BCUT2D eigenvalue weighted by Crippen LogP contribution is -2.23. The van der Waals surface area contributed by atoms with Crippen molar-refractivity contribution in [2.45, 2.75) is 28.9 Å². The van der Waals surface area contributed by atoms with E-state index < -0.39 is 10.0 Å². The third kappa shape index (κ3) is 3.99. The molecule has 1 rings (SSSR count). The Bertz CT molecular complexity index is 460. The van der Waals surface area contributed by atoms with Gasteiger partial charge in [-0.25, -0.2) is 13.1 Å². The molecule has 0 amide bonds. The summed E-state index contributed by atoms with van der Waals surface area (Å²) in [5.41, 5.74) is 0. The molecule has 0 fully saturated rings. The predicted octanol–water partition coefficient (Wildman–Crippen LogP) is 1.46. The van der Waals surface area contributed by atoms with Crippen LogP contribution in [0.2, 0.25) is 0 Å². The summed E-state index contributed by atoms with van der Waals surface area (Å²) >= 11 is 1.35. The summed E-state index contributed by atoms with van der Waals surface area (Å²) in [6.45, 7) is 3.96. The Morgan fingerprint density at radius 1 is 1.41 bits per heavy atom. The van der Waals surface area contributed by atoms with Gasteiger partial charge in [0.25, 0.3) is 0 Å². The van der Waals surface area contributed by atoms with Gasteiger partial charge in [0.2, 0.25) is 10.0 Å². The first-order valence-corrected chi connectivity index (χ1v) is 7.73. The van der Waals surface area contributed by atoms with E-state index in [9.17, 15) is 8.42 Å². The highest BCUT2D eigenvalue weighted by atomic mass is 32.2. The quantitative estimate of drug-likeness (QED) is 0.771. The number of aliphatic hydroxyl groups is 1. The van der Waals surface area contributed by atoms with Crippen molar-refractivity contribution >= 4 is 21.8 Å². The Labute approximate surface area is 106 Å². The van der Waals surface area contributed by atoms with Crippen LogP contribution in [0.25, 0.3) is 0 Å². The van der Waals surface area contributed by atoms with Crippen LogP contribution in [-0.2, 0) is 10.0 Å². The molecular formula is C11H17NO3S2. The van der Waals surface area contributed by atoms with Crippen LogP contribution >= 0.6 is 11.8 Å². The van der Waals surface area contributed by atoms with Crippen molar-refractivity contribution in [2.75, 3.05) is 13.2 Å². The lowest BCUT2D eigenvalue weighted by Gasteiger charge is -2.12. The molecule has 0 bridgehead atoms. The third-order valence-corrected chi connectivity index (χ3v) is 4.95. The highest BCUT2D eigenvalue weighted by Crippen LogP contribution is 2.29. The fraction of sp³-hybridized carbons (Fsp3) is 0.455. The fourth-order valence-corrected chi connectivity index (χ4v) is 3.74. The molecular weight excluding hydrogens is 258 g/mol. The normalized spacial score (nSPS) is 13.6. The summed E-state index contributed by atoms with van der Waals surface area (Å²) < 4.78 is 26.3. The largest absolute Gasteiger partial charge is 0.395 e. The average Bonchev–Trinajstić information content (AvgIpc) is 2.29. The number of hydrogen-bond donors (Lipinski definition) is 2. The number of nitrogens with one attached hydrogen (secondary N) is 1. The summed E-state index contributed by atoms with van der Waals surface area (Å²) in [5.74, 6) is 0. The molecule has 96 valence electrons. The average molecular weight is 275 g/mol. The highest BCUT2D eigenvalue weighted by molar-refractivity contribution is 8.00. The Morgan fingerprint density at radius 3 is 2.65 bits per heavy atom. The molecule has 0 spiro atoms. The van der Waals surface area contributed by atoms with Crippen molar-refractivity contribution in [1.82, 2.24) is 4.72 Å². The monoisotopic (exact) mass is 275 g/mol. The van der Waals surface area contributed by atoms with Crippen LogP contribution in [0.5, 0.6) is 0 Å². The lowest BCUT2D eigenvalue weighted by molar-refractivity contribution is 0.300. The maximum absolute atomic E-state index is 11.9. The summed E-state index contributed by atoms with van der Waals surface area (Å²) in [6, 6.07) is 6.81. The van der Waals surface area contributed by atoms with Crippen LogP contribution in [0.1, 0.15) is 13.8 Å². The van der Waals surface area contributed by atoms with Crippen LogP contribution < -0.4 is 4.72 Å². The number of hydrogen-bond acceptors (Lipinski definition) is 4. The van der Waals surface area contributed by atoms with Gasteiger partial charge in [0, 0.05) is 16.7 Å². The van der Waals surface area contributed by atoms with Crippen molar-refractivity contribution < 1.29 is 13.5 Å². The van der Waals surface area contributed by atoms with Gasteiger partial charge in [0.1, 0.15) is 0 Å². The first kappa shape index (κ1) is 14.5. The van der Waals surface area contributed by atoms with E-state index in [2.05, 4.69) is 4.72 Å². The van der Waals surface area contributed by atoms with E-state index in [1.807, 2.05) is 6.92 Å². The van der Waals surface area contributed by atoms with Gasteiger partial charge < -0.3 is 5.11 Å². The van der Waals surface area contributed by atoms with E-state index in [4.69, 9.17) is 5.11 Å². The molecule has 17 heavy (non-hydrogen) atoms. The van der Waals surface area contributed by atoms with Crippen LogP contribution in [0.3, 0.4) is 0 Å². The molecule has 1 atom stereocenters. The van der Waals surface area contributed by atoms with Crippen LogP contribution in [-0.4, -0.2) is 31.9 Å². The van der Waals surface area contributed by atoms with E-state index in [1.165, 1.54) is 11.8 Å². The number of sulfonamides is 1. The molecule has 1 unspecified atom stereocenters. The van der Waals surface area contributed by atoms with Crippen LogP contribution in [0.4, 0.5) is 0 Å². The maximum atomic E-state index is 11.9. The Balaban J connectivity index is 3.08. The summed E-state index contributed by atoms with van der Waals surface area (Å²) in [5, 5.41) is 8.97. The van der Waals surface area contributed by atoms with Gasteiger partial charge in [-0.2, -0.15) is 0 Å². The standard InChI is InChI=1S/C11H17NO3S2/c1-3-12-17(14,15)11-7-5-4-6-10(11)16-9(2)8-13/h4-7,9,12-13H,3,8H2,1-2H3. The molecule has 0 radical (unpaired) electrons. The van der Waals surface area contributed by atoms with E-state index in [0.29, 0.717) is 11.4 Å². The number of aliphatic hydroxyl groups excluding tert-OH is 1. The second-order valence-electron chi connectivity index (χ2n) is 3.56. The van der Waals surface area contributed by atoms with Crippen molar-refractivity contribution in [3.8, 4) is 0 Å². The molecule has 0 aliphatic rings. The van der Waals surface area contributed by atoms with Gasteiger partial charge >= 0.3 is 0 Å².